The van der Waals surface area contributed by atoms with Crippen LogP contribution in [0.5, 0.6) is 0 Å². The van der Waals surface area contributed by atoms with E-state index in [-0.39, 0.29) is 17.3 Å². The van der Waals surface area contributed by atoms with Crippen LogP contribution >= 0.6 is 23.2 Å². The summed E-state index contributed by atoms with van der Waals surface area (Å²) in [5.41, 5.74) is 0.769. The maximum atomic E-state index is 12.2. The Morgan fingerprint density at radius 2 is 1.87 bits per heavy atom. The van der Waals surface area contributed by atoms with Crippen LogP contribution in [0.4, 0.5) is 0 Å². The third kappa shape index (κ3) is 1.97. The molecule has 0 aliphatic heterocycles. The van der Waals surface area contributed by atoms with E-state index in [1.807, 2.05) is 18.2 Å². The highest BCUT2D eigenvalue weighted by molar-refractivity contribution is 6.52. The minimum Gasteiger partial charge on any atom is -0.462 e. The first-order valence-electron chi connectivity index (χ1n) is 8.32. The van der Waals surface area contributed by atoms with Crippen LogP contribution in [0.25, 0.3) is 0 Å². The number of hydrogen-bond donors (Lipinski definition) is 0. The molecular formula is C19H22Cl2O2. The summed E-state index contributed by atoms with van der Waals surface area (Å²) in [5.74, 6) is 1.56. The molecule has 1 aromatic carbocycles. The molecule has 124 valence electrons. The van der Waals surface area contributed by atoms with Gasteiger partial charge < -0.3 is 4.74 Å². The fraction of sp³-hybridized carbons (Fsp3) is 0.632. The van der Waals surface area contributed by atoms with E-state index in [2.05, 4.69) is 20.8 Å². The molecule has 2 nitrogen and oxygen atoms in total. The quantitative estimate of drug-likeness (QED) is 0.568. The second kappa shape index (κ2) is 4.67. The molecule has 0 bridgehead atoms. The van der Waals surface area contributed by atoms with Crippen molar-refractivity contribution in [3.63, 3.8) is 0 Å². The fourth-order valence-electron chi connectivity index (χ4n) is 5.23. The number of benzene rings is 1. The van der Waals surface area contributed by atoms with E-state index < -0.39 is 4.33 Å². The Morgan fingerprint density at radius 3 is 2.52 bits per heavy atom. The molecule has 5 atom stereocenters. The molecule has 3 fully saturated rings. The van der Waals surface area contributed by atoms with E-state index in [0.717, 1.165) is 6.42 Å². The van der Waals surface area contributed by atoms with Gasteiger partial charge in [0, 0.05) is 17.3 Å². The number of esters is 1. The molecule has 0 saturated heterocycles. The number of carbonyl (C=O) groups excluding carboxylic acids is 1. The van der Waals surface area contributed by atoms with Crippen LogP contribution in [-0.4, -0.2) is 16.9 Å². The second-order valence-electron chi connectivity index (χ2n) is 8.23. The second-order valence-corrected chi connectivity index (χ2v) is 9.62. The molecule has 0 spiro atoms. The first kappa shape index (κ1) is 15.8. The number of carbonyl (C=O) groups is 1. The van der Waals surface area contributed by atoms with E-state index in [0.29, 0.717) is 35.3 Å². The largest absolute Gasteiger partial charge is 0.462 e. The topological polar surface area (TPSA) is 26.3 Å². The Morgan fingerprint density at radius 1 is 1.22 bits per heavy atom. The fourth-order valence-corrected chi connectivity index (χ4v) is 6.39. The van der Waals surface area contributed by atoms with Crippen molar-refractivity contribution in [2.24, 2.45) is 34.5 Å². The summed E-state index contributed by atoms with van der Waals surface area (Å²) in [6.45, 7) is 7.19. The van der Waals surface area contributed by atoms with Crippen molar-refractivity contribution >= 4 is 29.2 Å². The van der Waals surface area contributed by atoms with E-state index in [4.69, 9.17) is 27.9 Å². The Labute approximate surface area is 147 Å². The van der Waals surface area contributed by atoms with Gasteiger partial charge >= 0.3 is 5.97 Å². The van der Waals surface area contributed by atoms with Gasteiger partial charge in [0.2, 0.25) is 0 Å². The van der Waals surface area contributed by atoms with Gasteiger partial charge in [-0.1, -0.05) is 39.0 Å². The molecule has 0 heterocycles. The van der Waals surface area contributed by atoms with Crippen LogP contribution in [0.3, 0.4) is 0 Å². The predicted octanol–water partition coefficient (Wildman–Crippen LogP) is 4.95. The summed E-state index contributed by atoms with van der Waals surface area (Å²) in [7, 11) is 0. The van der Waals surface area contributed by atoms with Gasteiger partial charge in [-0.05, 0) is 35.8 Å². The molecule has 0 N–H and O–H groups in total. The maximum Gasteiger partial charge on any atom is 0.338 e. The highest BCUT2D eigenvalue weighted by Crippen LogP contribution is 2.87. The van der Waals surface area contributed by atoms with Crippen molar-refractivity contribution in [2.45, 2.75) is 31.5 Å². The maximum absolute atomic E-state index is 12.2. The van der Waals surface area contributed by atoms with Crippen LogP contribution in [0.2, 0.25) is 0 Å². The summed E-state index contributed by atoms with van der Waals surface area (Å²) in [6.07, 6.45) is 1.05. The molecule has 3 saturated carbocycles. The zero-order chi connectivity index (χ0) is 16.6. The van der Waals surface area contributed by atoms with Gasteiger partial charge in [-0.25, -0.2) is 4.79 Å². The number of rotatable bonds is 3. The SMILES string of the molecule is CC1(C)[C@H]2[C@H]1C[C@H](COC(=O)c1ccccc1)[C@]1(C)[C@@H]2C1(Cl)Cl. The summed E-state index contributed by atoms with van der Waals surface area (Å²) >= 11 is 13.3. The van der Waals surface area contributed by atoms with Crippen molar-refractivity contribution in [3.05, 3.63) is 35.9 Å². The van der Waals surface area contributed by atoms with Crippen LogP contribution in [0, 0.1) is 34.5 Å². The van der Waals surface area contributed by atoms with E-state index in [1.54, 1.807) is 12.1 Å². The van der Waals surface area contributed by atoms with E-state index in [1.165, 1.54) is 0 Å². The van der Waals surface area contributed by atoms with Crippen LogP contribution < -0.4 is 0 Å². The minimum atomic E-state index is -0.677. The Bertz CT molecular complexity index is 655. The van der Waals surface area contributed by atoms with Crippen molar-refractivity contribution in [1.82, 2.24) is 0 Å². The highest BCUT2D eigenvalue weighted by Gasteiger charge is 2.86. The predicted molar refractivity (Wildman–Crippen MR) is 91.6 cm³/mol. The lowest BCUT2D eigenvalue weighted by Gasteiger charge is -2.28. The zero-order valence-electron chi connectivity index (χ0n) is 13.7. The molecule has 3 aliphatic rings. The smallest absolute Gasteiger partial charge is 0.338 e. The van der Waals surface area contributed by atoms with E-state index in [9.17, 15) is 4.79 Å². The van der Waals surface area contributed by atoms with Crippen LogP contribution in [0.15, 0.2) is 30.3 Å². The molecule has 0 unspecified atom stereocenters. The third-order valence-electron chi connectivity index (χ3n) is 6.98. The normalized spacial score (nSPS) is 41.4. The van der Waals surface area contributed by atoms with Crippen LogP contribution in [-0.2, 0) is 4.74 Å². The van der Waals surface area contributed by atoms with Gasteiger partial charge in [0.1, 0.15) is 4.33 Å². The summed E-state index contributed by atoms with van der Waals surface area (Å²) in [5, 5.41) is 0. The first-order chi connectivity index (χ1) is 10.7. The standard InChI is InChI=1S/C19H22Cl2O2/c1-17(2)13-9-12(18(3)15(14(13)17)19(18,20)21)10-23-16(22)11-7-5-4-6-8-11/h4-8,12-15H,9-10H2,1-3H3/t12-,13-,14+,15-,18-/m1/s1. The molecule has 1 aromatic rings. The average molecular weight is 353 g/mol. The van der Waals surface area contributed by atoms with Crippen molar-refractivity contribution < 1.29 is 9.53 Å². The average Bonchev–Trinajstić information content (AvgIpc) is 3.23. The van der Waals surface area contributed by atoms with E-state index >= 15 is 0 Å². The summed E-state index contributed by atoms with van der Waals surface area (Å²) in [4.78, 5) is 12.2. The number of hydrogen-bond acceptors (Lipinski definition) is 2. The minimum absolute atomic E-state index is 0.137. The zero-order valence-corrected chi connectivity index (χ0v) is 15.2. The van der Waals surface area contributed by atoms with Crippen molar-refractivity contribution in [2.75, 3.05) is 6.61 Å². The first-order valence-corrected chi connectivity index (χ1v) is 9.08. The number of halogens is 2. The lowest BCUT2D eigenvalue weighted by Crippen LogP contribution is -2.28. The molecule has 4 heteroatoms. The van der Waals surface area contributed by atoms with Gasteiger partial charge in [-0.3, -0.25) is 0 Å². The number of ether oxygens (including phenoxy) is 1. The summed E-state index contributed by atoms with van der Waals surface area (Å²) < 4.78 is 4.93. The monoisotopic (exact) mass is 352 g/mol. The number of fused-ring (bicyclic) bond motifs is 3. The molecule has 4 rings (SSSR count). The Kier molecular flexibility index (Phi) is 3.20. The van der Waals surface area contributed by atoms with Crippen molar-refractivity contribution in [1.29, 1.82) is 0 Å². The molecule has 3 aliphatic carbocycles. The lowest BCUT2D eigenvalue weighted by atomic mass is 9.80. The van der Waals surface area contributed by atoms with Gasteiger partial charge in [0.05, 0.1) is 12.2 Å². The Balaban J connectivity index is 1.49. The lowest BCUT2D eigenvalue weighted by molar-refractivity contribution is 0.0322. The summed E-state index contributed by atoms with van der Waals surface area (Å²) in [6, 6.07) is 9.12. The third-order valence-corrected chi connectivity index (χ3v) is 8.27. The molecule has 0 amide bonds. The molecule has 0 radical (unpaired) electrons. The highest BCUT2D eigenvalue weighted by atomic mass is 35.5. The molecule has 0 aromatic heterocycles. The molecular weight excluding hydrogens is 331 g/mol. The van der Waals surface area contributed by atoms with Gasteiger partial charge in [-0.15, -0.1) is 23.2 Å². The van der Waals surface area contributed by atoms with Gasteiger partial charge in [-0.2, -0.15) is 0 Å². The van der Waals surface area contributed by atoms with Crippen LogP contribution in [0.1, 0.15) is 37.6 Å². The molecule has 23 heavy (non-hydrogen) atoms. The van der Waals surface area contributed by atoms with Crippen molar-refractivity contribution in [3.8, 4) is 0 Å². The number of alkyl halides is 2. The van der Waals surface area contributed by atoms with Gasteiger partial charge in [0.15, 0.2) is 0 Å². The Hall–Kier alpha value is -0.730. The van der Waals surface area contributed by atoms with Gasteiger partial charge in [0.25, 0.3) is 0 Å².